The number of carbonyl (C=O) groups is 1. The third-order valence-electron chi connectivity index (χ3n) is 3.21. The second kappa shape index (κ2) is 7.87. The number of anilines is 1. The van der Waals surface area contributed by atoms with Crippen LogP contribution in [0.1, 0.15) is 22.3 Å². The van der Waals surface area contributed by atoms with Crippen molar-refractivity contribution in [3.05, 3.63) is 29.3 Å². The van der Waals surface area contributed by atoms with E-state index in [0.717, 1.165) is 30.6 Å². The van der Waals surface area contributed by atoms with Crippen molar-refractivity contribution in [2.75, 3.05) is 45.4 Å². The Bertz CT molecular complexity index is 447. The Balaban J connectivity index is 1.83. The highest BCUT2D eigenvalue weighted by molar-refractivity contribution is 5.93. The summed E-state index contributed by atoms with van der Waals surface area (Å²) in [6.45, 7) is 2.67. The van der Waals surface area contributed by atoms with Gasteiger partial charge in [-0.25, -0.2) is 4.79 Å². The van der Waals surface area contributed by atoms with E-state index < -0.39 is 0 Å². The number of ether oxygens (including phenoxy) is 3. The highest BCUT2D eigenvalue weighted by Gasteiger charge is 2.18. The first-order valence-corrected chi connectivity index (χ1v) is 6.92. The molecule has 0 bridgehead atoms. The van der Waals surface area contributed by atoms with E-state index >= 15 is 0 Å². The largest absolute Gasteiger partial charge is 0.460 e. The third kappa shape index (κ3) is 3.95. The van der Waals surface area contributed by atoms with Crippen LogP contribution in [0.25, 0.3) is 0 Å². The lowest BCUT2D eigenvalue weighted by Gasteiger charge is -2.20. The van der Waals surface area contributed by atoms with Gasteiger partial charge in [-0.05, 0) is 30.5 Å². The molecule has 5 heteroatoms. The van der Waals surface area contributed by atoms with Gasteiger partial charge in [0.25, 0.3) is 0 Å². The molecule has 0 unspecified atom stereocenters. The van der Waals surface area contributed by atoms with Crippen molar-refractivity contribution in [1.82, 2.24) is 0 Å². The van der Waals surface area contributed by atoms with Gasteiger partial charge in [-0.15, -0.1) is 0 Å². The molecule has 0 amide bonds. The predicted octanol–water partition coefficient (Wildman–Crippen LogP) is 1.86. The zero-order valence-electron chi connectivity index (χ0n) is 11.8. The van der Waals surface area contributed by atoms with Gasteiger partial charge >= 0.3 is 5.97 Å². The van der Waals surface area contributed by atoms with E-state index in [-0.39, 0.29) is 12.6 Å². The van der Waals surface area contributed by atoms with Gasteiger partial charge in [0.1, 0.15) is 6.61 Å². The van der Waals surface area contributed by atoms with Gasteiger partial charge in [-0.3, -0.25) is 0 Å². The van der Waals surface area contributed by atoms with Crippen molar-refractivity contribution in [1.29, 1.82) is 0 Å². The molecule has 1 aliphatic rings. The Labute approximate surface area is 119 Å². The summed E-state index contributed by atoms with van der Waals surface area (Å²) in [7, 11) is 1.62. The first-order chi connectivity index (χ1) is 9.83. The van der Waals surface area contributed by atoms with E-state index in [1.807, 2.05) is 18.2 Å². The van der Waals surface area contributed by atoms with Crippen LogP contribution in [-0.2, 0) is 20.6 Å². The summed E-state index contributed by atoms with van der Waals surface area (Å²) in [4.78, 5) is 12.1. The lowest BCUT2D eigenvalue weighted by Crippen LogP contribution is -2.18. The Morgan fingerprint density at radius 2 is 2.10 bits per heavy atom. The maximum Gasteiger partial charge on any atom is 0.338 e. The highest BCUT2D eigenvalue weighted by Crippen LogP contribution is 2.25. The Hall–Kier alpha value is -1.59. The molecule has 5 nitrogen and oxygen atoms in total. The number of hydrogen-bond acceptors (Lipinski definition) is 5. The molecule has 0 aromatic heterocycles. The molecule has 0 spiro atoms. The first kappa shape index (κ1) is 14.8. The summed E-state index contributed by atoms with van der Waals surface area (Å²) in [5, 5.41) is 3.30. The van der Waals surface area contributed by atoms with E-state index in [0.29, 0.717) is 25.4 Å². The number of methoxy groups -OCH3 is 1. The SMILES string of the molecule is COCCOCCOC(=O)c1cccc2c1CCCN2. The molecule has 0 saturated carbocycles. The van der Waals surface area contributed by atoms with Gasteiger partial charge < -0.3 is 19.5 Å². The molecule has 1 aromatic rings. The minimum atomic E-state index is -0.277. The monoisotopic (exact) mass is 279 g/mol. The van der Waals surface area contributed by atoms with E-state index in [1.165, 1.54) is 0 Å². The average Bonchev–Trinajstić information content (AvgIpc) is 2.50. The molecule has 20 heavy (non-hydrogen) atoms. The van der Waals surface area contributed by atoms with Crippen LogP contribution in [0.2, 0.25) is 0 Å². The summed E-state index contributed by atoms with van der Waals surface area (Å²) in [5.41, 5.74) is 2.76. The maximum atomic E-state index is 12.1. The summed E-state index contributed by atoms with van der Waals surface area (Å²) in [6, 6.07) is 5.70. The summed E-state index contributed by atoms with van der Waals surface area (Å²) in [6.07, 6.45) is 1.95. The summed E-state index contributed by atoms with van der Waals surface area (Å²) < 4.78 is 15.4. The molecule has 0 atom stereocenters. The quantitative estimate of drug-likeness (QED) is 0.610. The van der Waals surface area contributed by atoms with Crippen molar-refractivity contribution in [3.63, 3.8) is 0 Å². The Morgan fingerprint density at radius 3 is 2.95 bits per heavy atom. The molecular weight excluding hydrogens is 258 g/mol. The normalized spacial score (nSPS) is 13.4. The van der Waals surface area contributed by atoms with E-state index in [1.54, 1.807) is 7.11 Å². The first-order valence-electron chi connectivity index (χ1n) is 6.92. The standard InChI is InChI=1S/C15H21NO4/c1-18-8-9-19-10-11-20-15(17)13-4-2-6-14-12(13)5-3-7-16-14/h2,4,6,16H,3,5,7-11H2,1H3. The van der Waals surface area contributed by atoms with Crippen molar-refractivity contribution < 1.29 is 19.0 Å². The lowest BCUT2D eigenvalue weighted by atomic mass is 9.98. The molecule has 0 saturated heterocycles. The number of carbonyl (C=O) groups excluding carboxylic acids is 1. The predicted molar refractivity (Wildman–Crippen MR) is 76.2 cm³/mol. The minimum absolute atomic E-state index is 0.264. The number of nitrogens with one attached hydrogen (secondary N) is 1. The van der Waals surface area contributed by atoms with E-state index in [2.05, 4.69) is 5.32 Å². The van der Waals surface area contributed by atoms with Crippen LogP contribution in [0.5, 0.6) is 0 Å². The second-order valence-corrected chi connectivity index (χ2v) is 4.60. The third-order valence-corrected chi connectivity index (χ3v) is 3.21. The van der Waals surface area contributed by atoms with Crippen LogP contribution in [0.4, 0.5) is 5.69 Å². The average molecular weight is 279 g/mol. The molecule has 1 heterocycles. The van der Waals surface area contributed by atoms with Crippen LogP contribution >= 0.6 is 0 Å². The lowest BCUT2D eigenvalue weighted by molar-refractivity contribution is 0.0213. The van der Waals surface area contributed by atoms with Crippen molar-refractivity contribution in [3.8, 4) is 0 Å². The molecule has 0 radical (unpaired) electrons. The zero-order valence-corrected chi connectivity index (χ0v) is 11.8. The van der Waals surface area contributed by atoms with Crippen LogP contribution in [-0.4, -0.2) is 46.1 Å². The highest BCUT2D eigenvalue weighted by atomic mass is 16.6. The number of esters is 1. The van der Waals surface area contributed by atoms with Gasteiger partial charge in [0.15, 0.2) is 0 Å². The molecule has 1 aliphatic heterocycles. The number of benzene rings is 1. The van der Waals surface area contributed by atoms with Gasteiger partial charge in [0.05, 0.1) is 25.4 Å². The molecule has 0 fully saturated rings. The summed E-state index contributed by atoms with van der Waals surface area (Å²) in [5.74, 6) is -0.277. The van der Waals surface area contributed by atoms with Crippen LogP contribution < -0.4 is 5.32 Å². The maximum absolute atomic E-state index is 12.1. The van der Waals surface area contributed by atoms with Crippen molar-refractivity contribution >= 4 is 11.7 Å². The second-order valence-electron chi connectivity index (χ2n) is 4.60. The molecule has 1 aromatic carbocycles. The van der Waals surface area contributed by atoms with Crippen molar-refractivity contribution in [2.45, 2.75) is 12.8 Å². The van der Waals surface area contributed by atoms with Gasteiger partial charge in [0, 0.05) is 19.3 Å². The van der Waals surface area contributed by atoms with E-state index in [9.17, 15) is 4.79 Å². The zero-order chi connectivity index (χ0) is 14.2. The molecular formula is C15H21NO4. The Morgan fingerprint density at radius 1 is 1.25 bits per heavy atom. The topological polar surface area (TPSA) is 56.8 Å². The number of rotatable bonds is 7. The molecule has 1 N–H and O–H groups in total. The van der Waals surface area contributed by atoms with Crippen LogP contribution in [0.15, 0.2) is 18.2 Å². The van der Waals surface area contributed by atoms with Crippen LogP contribution in [0.3, 0.4) is 0 Å². The smallest absolute Gasteiger partial charge is 0.338 e. The van der Waals surface area contributed by atoms with Gasteiger partial charge in [-0.1, -0.05) is 6.07 Å². The number of hydrogen-bond donors (Lipinski definition) is 1. The fourth-order valence-electron chi connectivity index (χ4n) is 2.22. The molecule has 110 valence electrons. The van der Waals surface area contributed by atoms with Gasteiger partial charge in [0.2, 0.25) is 0 Å². The fourth-order valence-corrected chi connectivity index (χ4v) is 2.22. The van der Waals surface area contributed by atoms with Gasteiger partial charge in [-0.2, -0.15) is 0 Å². The fraction of sp³-hybridized carbons (Fsp3) is 0.533. The molecule has 0 aliphatic carbocycles. The van der Waals surface area contributed by atoms with Crippen molar-refractivity contribution in [2.24, 2.45) is 0 Å². The van der Waals surface area contributed by atoms with Crippen LogP contribution in [0, 0.1) is 0 Å². The minimum Gasteiger partial charge on any atom is -0.460 e. The number of fused-ring (bicyclic) bond motifs is 1. The van der Waals surface area contributed by atoms with E-state index in [4.69, 9.17) is 14.2 Å². The Kier molecular flexibility index (Phi) is 5.83. The molecule has 2 rings (SSSR count). The summed E-state index contributed by atoms with van der Waals surface area (Å²) >= 11 is 0.